The Kier molecular flexibility index (Phi) is 3.00. The molecule has 0 saturated carbocycles. The molecule has 1 aliphatic rings. The molecule has 1 saturated heterocycles. The molecule has 2 aromatic rings. The second-order valence-corrected chi connectivity index (χ2v) is 5.41. The number of carbonyl (C=O) groups excluding carboxylic acids is 1. The third-order valence-corrected chi connectivity index (χ3v) is 3.75. The van der Waals surface area contributed by atoms with Crippen LogP contribution in [0.1, 0.15) is 12.0 Å². The average Bonchev–Trinajstić information content (AvgIpc) is 2.92. The summed E-state index contributed by atoms with van der Waals surface area (Å²) in [5, 5.41) is 1.21. The lowest BCUT2D eigenvalue weighted by Crippen LogP contribution is -2.27. The molecule has 94 valence electrons. The lowest BCUT2D eigenvalue weighted by molar-refractivity contribution is -0.127. The molecule has 0 radical (unpaired) electrons. The molecule has 1 N–H and O–H groups in total. The van der Waals surface area contributed by atoms with Crippen LogP contribution < -0.4 is 0 Å². The SMILES string of the molecule is O=C1CC(Cl)CN1CCc1ccc2[nH]ccc2c1. The van der Waals surface area contributed by atoms with Crippen molar-refractivity contribution in [3.63, 3.8) is 0 Å². The van der Waals surface area contributed by atoms with Gasteiger partial charge in [-0.15, -0.1) is 11.6 Å². The van der Waals surface area contributed by atoms with Crippen molar-refractivity contribution in [3.8, 4) is 0 Å². The van der Waals surface area contributed by atoms with Crippen LogP contribution >= 0.6 is 11.6 Å². The van der Waals surface area contributed by atoms with Crippen molar-refractivity contribution in [2.24, 2.45) is 0 Å². The van der Waals surface area contributed by atoms with E-state index in [0.29, 0.717) is 13.0 Å². The van der Waals surface area contributed by atoms with Crippen LogP contribution in [0.3, 0.4) is 0 Å². The predicted molar refractivity (Wildman–Crippen MR) is 72.8 cm³/mol. The second kappa shape index (κ2) is 4.65. The molecule has 0 spiro atoms. The predicted octanol–water partition coefficient (Wildman–Crippen LogP) is 2.55. The van der Waals surface area contributed by atoms with Gasteiger partial charge in [0, 0.05) is 31.2 Å². The number of hydrogen-bond acceptors (Lipinski definition) is 1. The number of aromatic nitrogens is 1. The summed E-state index contributed by atoms with van der Waals surface area (Å²) in [7, 11) is 0. The van der Waals surface area contributed by atoms with E-state index in [-0.39, 0.29) is 11.3 Å². The number of H-pyrrole nitrogens is 1. The summed E-state index contributed by atoms with van der Waals surface area (Å²) in [6.07, 6.45) is 3.31. The van der Waals surface area contributed by atoms with Crippen molar-refractivity contribution < 1.29 is 4.79 Å². The molecular formula is C14H15ClN2O. The Labute approximate surface area is 111 Å². The summed E-state index contributed by atoms with van der Waals surface area (Å²) in [5.41, 5.74) is 2.41. The zero-order chi connectivity index (χ0) is 12.5. The van der Waals surface area contributed by atoms with Crippen LogP contribution in [-0.4, -0.2) is 34.3 Å². The summed E-state index contributed by atoms with van der Waals surface area (Å²) in [6.45, 7) is 1.45. The van der Waals surface area contributed by atoms with Crippen molar-refractivity contribution in [1.29, 1.82) is 0 Å². The standard InChI is InChI=1S/C14H15ClN2O/c15-12-8-14(18)17(9-12)6-4-10-1-2-13-11(7-10)3-5-16-13/h1-3,5,7,12,16H,4,6,8-9H2. The molecule has 0 aliphatic carbocycles. The topological polar surface area (TPSA) is 36.1 Å². The van der Waals surface area contributed by atoms with Gasteiger partial charge in [0.1, 0.15) is 0 Å². The molecule has 4 heteroatoms. The van der Waals surface area contributed by atoms with Gasteiger partial charge in [0.25, 0.3) is 0 Å². The maximum Gasteiger partial charge on any atom is 0.224 e. The molecule has 1 aromatic heterocycles. The minimum Gasteiger partial charge on any atom is -0.361 e. The number of aromatic amines is 1. The lowest BCUT2D eigenvalue weighted by Gasteiger charge is -2.15. The fourth-order valence-corrected chi connectivity index (χ4v) is 2.76. The van der Waals surface area contributed by atoms with Crippen molar-refractivity contribution in [1.82, 2.24) is 9.88 Å². The minimum absolute atomic E-state index is 0.00958. The highest BCUT2D eigenvalue weighted by Crippen LogP contribution is 2.18. The van der Waals surface area contributed by atoms with Gasteiger partial charge in [-0.25, -0.2) is 0 Å². The van der Waals surface area contributed by atoms with Crippen molar-refractivity contribution in [2.45, 2.75) is 18.2 Å². The number of hydrogen-bond donors (Lipinski definition) is 1. The Morgan fingerprint density at radius 1 is 1.39 bits per heavy atom. The highest BCUT2D eigenvalue weighted by molar-refractivity contribution is 6.22. The zero-order valence-electron chi connectivity index (χ0n) is 10.0. The molecule has 1 amide bonds. The Morgan fingerprint density at radius 2 is 2.28 bits per heavy atom. The monoisotopic (exact) mass is 262 g/mol. The van der Waals surface area contributed by atoms with Crippen LogP contribution in [0.5, 0.6) is 0 Å². The molecule has 3 rings (SSSR count). The van der Waals surface area contributed by atoms with Crippen molar-refractivity contribution in [3.05, 3.63) is 36.0 Å². The van der Waals surface area contributed by atoms with Crippen LogP contribution in [0.25, 0.3) is 10.9 Å². The molecule has 18 heavy (non-hydrogen) atoms. The van der Waals surface area contributed by atoms with Crippen LogP contribution in [0.15, 0.2) is 30.5 Å². The van der Waals surface area contributed by atoms with E-state index in [1.807, 2.05) is 11.1 Å². The minimum atomic E-state index is -0.00958. The summed E-state index contributed by atoms with van der Waals surface area (Å²) < 4.78 is 0. The van der Waals surface area contributed by atoms with Crippen LogP contribution in [0.2, 0.25) is 0 Å². The first-order chi connectivity index (χ1) is 8.72. The first kappa shape index (κ1) is 11.6. The van der Waals surface area contributed by atoms with E-state index < -0.39 is 0 Å². The summed E-state index contributed by atoms with van der Waals surface area (Å²) >= 11 is 5.98. The van der Waals surface area contributed by atoms with E-state index in [4.69, 9.17) is 11.6 Å². The van der Waals surface area contributed by atoms with Crippen LogP contribution in [0, 0.1) is 0 Å². The van der Waals surface area contributed by atoms with Gasteiger partial charge in [-0.1, -0.05) is 6.07 Å². The van der Waals surface area contributed by atoms with E-state index in [0.717, 1.165) is 18.5 Å². The van der Waals surface area contributed by atoms with Crippen LogP contribution in [0.4, 0.5) is 0 Å². The van der Waals surface area contributed by atoms with Gasteiger partial charge in [-0.2, -0.15) is 0 Å². The number of amides is 1. The number of nitrogens with zero attached hydrogens (tertiary/aromatic N) is 1. The average molecular weight is 263 g/mol. The number of rotatable bonds is 3. The molecule has 1 aromatic carbocycles. The third-order valence-electron chi connectivity index (χ3n) is 3.46. The van der Waals surface area contributed by atoms with Crippen molar-refractivity contribution >= 4 is 28.4 Å². The van der Waals surface area contributed by atoms with E-state index in [2.05, 4.69) is 29.2 Å². The first-order valence-corrected chi connectivity index (χ1v) is 6.64. The summed E-state index contributed by atoms with van der Waals surface area (Å²) in [6, 6.07) is 8.43. The number of benzene rings is 1. The molecule has 0 bridgehead atoms. The smallest absolute Gasteiger partial charge is 0.224 e. The number of nitrogens with one attached hydrogen (secondary N) is 1. The number of halogens is 1. The quantitative estimate of drug-likeness (QED) is 0.848. The first-order valence-electron chi connectivity index (χ1n) is 6.20. The summed E-state index contributed by atoms with van der Waals surface area (Å²) in [5.74, 6) is 0.178. The van der Waals surface area contributed by atoms with Gasteiger partial charge in [0.2, 0.25) is 5.91 Å². The molecule has 1 fully saturated rings. The Bertz CT molecular complexity index is 578. The van der Waals surface area contributed by atoms with E-state index in [9.17, 15) is 4.79 Å². The molecular weight excluding hydrogens is 248 g/mol. The Hall–Kier alpha value is -1.48. The molecule has 1 atom stereocenters. The van der Waals surface area contributed by atoms with Gasteiger partial charge in [-0.3, -0.25) is 4.79 Å². The Morgan fingerprint density at radius 3 is 3.06 bits per heavy atom. The van der Waals surface area contributed by atoms with Gasteiger partial charge >= 0.3 is 0 Å². The highest BCUT2D eigenvalue weighted by atomic mass is 35.5. The third kappa shape index (κ3) is 2.23. The van der Waals surface area contributed by atoms with E-state index in [1.165, 1.54) is 10.9 Å². The molecule has 3 nitrogen and oxygen atoms in total. The van der Waals surface area contributed by atoms with Gasteiger partial charge in [0.15, 0.2) is 0 Å². The van der Waals surface area contributed by atoms with E-state index >= 15 is 0 Å². The molecule has 1 aliphatic heterocycles. The van der Waals surface area contributed by atoms with Gasteiger partial charge < -0.3 is 9.88 Å². The number of carbonyl (C=O) groups is 1. The maximum absolute atomic E-state index is 11.6. The van der Waals surface area contributed by atoms with Crippen molar-refractivity contribution in [2.75, 3.05) is 13.1 Å². The Balaban J connectivity index is 1.67. The molecule has 2 heterocycles. The largest absolute Gasteiger partial charge is 0.361 e. The maximum atomic E-state index is 11.6. The normalized spacial score (nSPS) is 19.9. The second-order valence-electron chi connectivity index (χ2n) is 4.79. The number of likely N-dealkylation sites (tertiary alicyclic amines) is 1. The fraction of sp³-hybridized carbons (Fsp3) is 0.357. The van der Waals surface area contributed by atoms with Crippen LogP contribution in [-0.2, 0) is 11.2 Å². The zero-order valence-corrected chi connectivity index (χ0v) is 10.8. The number of fused-ring (bicyclic) bond motifs is 1. The lowest BCUT2D eigenvalue weighted by atomic mass is 10.1. The number of alkyl halides is 1. The van der Waals surface area contributed by atoms with Gasteiger partial charge in [-0.05, 0) is 35.6 Å². The fourth-order valence-electron chi connectivity index (χ4n) is 2.46. The van der Waals surface area contributed by atoms with Gasteiger partial charge in [0.05, 0.1) is 5.38 Å². The highest BCUT2D eigenvalue weighted by Gasteiger charge is 2.27. The molecule has 1 unspecified atom stereocenters. The summed E-state index contributed by atoms with van der Waals surface area (Å²) in [4.78, 5) is 16.6. The van der Waals surface area contributed by atoms with E-state index in [1.54, 1.807) is 0 Å².